The molecule has 1 aromatic carbocycles. The van der Waals surface area contributed by atoms with Crippen LogP contribution in [0.5, 0.6) is 5.75 Å². The minimum Gasteiger partial charge on any atom is -0.496 e. The summed E-state index contributed by atoms with van der Waals surface area (Å²) in [6.07, 6.45) is 2.08. The van der Waals surface area contributed by atoms with E-state index in [0.717, 1.165) is 43.8 Å². The van der Waals surface area contributed by atoms with Crippen LogP contribution in [0.2, 0.25) is 0 Å². The highest BCUT2D eigenvalue weighted by molar-refractivity contribution is 5.82. The van der Waals surface area contributed by atoms with Gasteiger partial charge in [-0.25, -0.2) is 0 Å². The van der Waals surface area contributed by atoms with Gasteiger partial charge in [0.05, 0.1) is 13.0 Å². The minimum absolute atomic E-state index is 0.156. The third-order valence-electron chi connectivity index (χ3n) is 4.40. The first-order valence-electron chi connectivity index (χ1n) is 7.13. The molecule has 108 valence electrons. The number of likely N-dealkylation sites (tertiary alicyclic amines) is 1. The summed E-state index contributed by atoms with van der Waals surface area (Å²) in [6.45, 7) is 2.60. The molecule has 5 nitrogen and oxygen atoms in total. The number of methoxy groups -OCH3 is 1. The largest absolute Gasteiger partial charge is 0.496 e. The van der Waals surface area contributed by atoms with Crippen molar-refractivity contribution >= 4 is 11.6 Å². The van der Waals surface area contributed by atoms with Crippen molar-refractivity contribution < 1.29 is 9.53 Å². The Balaban J connectivity index is 1.79. The van der Waals surface area contributed by atoms with Crippen LogP contribution in [0.3, 0.4) is 0 Å². The summed E-state index contributed by atoms with van der Waals surface area (Å²) in [5.74, 6) is 1.19. The van der Waals surface area contributed by atoms with Crippen molar-refractivity contribution in [2.24, 2.45) is 5.92 Å². The number of hydrogen-bond acceptors (Lipinski definition) is 4. The van der Waals surface area contributed by atoms with Crippen molar-refractivity contribution in [3.05, 3.63) is 23.8 Å². The Kier molecular flexibility index (Phi) is 3.53. The third-order valence-corrected chi connectivity index (χ3v) is 4.40. The monoisotopic (exact) mass is 275 g/mol. The first kappa shape index (κ1) is 13.2. The van der Waals surface area contributed by atoms with E-state index in [2.05, 4.69) is 10.2 Å². The first-order chi connectivity index (χ1) is 9.69. The van der Waals surface area contributed by atoms with Crippen molar-refractivity contribution in [1.82, 2.24) is 10.2 Å². The number of rotatable bonds is 3. The lowest BCUT2D eigenvalue weighted by molar-refractivity contribution is -0.124. The van der Waals surface area contributed by atoms with Crippen LogP contribution in [-0.2, 0) is 11.3 Å². The van der Waals surface area contributed by atoms with Gasteiger partial charge in [-0.1, -0.05) is 6.07 Å². The molecule has 1 aromatic rings. The molecule has 0 aliphatic carbocycles. The van der Waals surface area contributed by atoms with E-state index in [1.54, 1.807) is 7.11 Å². The number of nitrogens with two attached hydrogens (primary N) is 1. The number of ether oxygens (including phenoxy) is 1. The molecule has 2 atom stereocenters. The fourth-order valence-electron chi connectivity index (χ4n) is 3.35. The molecule has 0 bridgehead atoms. The second-order valence-electron chi connectivity index (χ2n) is 5.60. The average molecular weight is 275 g/mol. The first-order valence-corrected chi connectivity index (χ1v) is 7.13. The summed E-state index contributed by atoms with van der Waals surface area (Å²) in [7, 11) is 1.66. The van der Waals surface area contributed by atoms with E-state index in [1.807, 2.05) is 18.2 Å². The fourth-order valence-corrected chi connectivity index (χ4v) is 3.35. The molecule has 3 rings (SSSR count). The molecule has 2 saturated heterocycles. The topological polar surface area (TPSA) is 67.6 Å². The summed E-state index contributed by atoms with van der Waals surface area (Å²) < 4.78 is 5.41. The summed E-state index contributed by atoms with van der Waals surface area (Å²) in [5, 5.41) is 2.98. The number of fused-ring (bicyclic) bond motifs is 1. The van der Waals surface area contributed by atoms with Gasteiger partial charge >= 0.3 is 0 Å². The highest BCUT2D eigenvalue weighted by Gasteiger charge is 2.40. The maximum atomic E-state index is 11.8. The van der Waals surface area contributed by atoms with Gasteiger partial charge in [0.25, 0.3) is 0 Å². The van der Waals surface area contributed by atoms with Crippen LogP contribution in [0.1, 0.15) is 18.4 Å². The van der Waals surface area contributed by atoms with Crippen LogP contribution < -0.4 is 15.8 Å². The van der Waals surface area contributed by atoms with Gasteiger partial charge in [0.15, 0.2) is 0 Å². The van der Waals surface area contributed by atoms with E-state index in [4.69, 9.17) is 10.5 Å². The SMILES string of the molecule is COc1cc(N)ccc1CN1CCCC2C(=O)NCC21. The number of amides is 1. The van der Waals surface area contributed by atoms with Crippen molar-refractivity contribution in [2.45, 2.75) is 25.4 Å². The number of carbonyl (C=O) groups excluding carboxylic acids is 1. The van der Waals surface area contributed by atoms with E-state index in [1.165, 1.54) is 0 Å². The van der Waals surface area contributed by atoms with E-state index < -0.39 is 0 Å². The van der Waals surface area contributed by atoms with E-state index >= 15 is 0 Å². The van der Waals surface area contributed by atoms with Crippen LogP contribution in [0.4, 0.5) is 5.69 Å². The van der Waals surface area contributed by atoms with Crippen molar-refractivity contribution in [1.29, 1.82) is 0 Å². The number of hydrogen-bond donors (Lipinski definition) is 2. The molecule has 5 heteroatoms. The predicted molar refractivity (Wildman–Crippen MR) is 77.3 cm³/mol. The summed E-state index contributed by atoms with van der Waals surface area (Å²) in [5.41, 5.74) is 7.63. The van der Waals surface area contributed by atoms with Gasteiger partial charge in [-0.3, -0.25) is 9.69 Å². The fraction of sp³-hybridized carbons (Fsp3) is 0.533. The Bertz CT molecular complexity index is 518. The molecule has 0 spiro atoms. The van der Waals surface area contributed by atoms with E-state index in [9.17, 15) is 4.79 Å². The Morgan fingerprint density at radius 2 is 2.35 bits per heavy atom. The lowest BCUT2D eigenvalue weighted by Gasteiger charge is -2.36. The van der Waals surface area contributed by atoms with E-state index in [-0.39, 0.29) is 11.8 Å². The molecule has 3 N–H and O–H groups in total. The van der Waals surface area contributed by atoms with Crippen molar-refractivity contribution in [3.8, 4) is 5.75 Å². The number of piperidine rings is 1. The molecule has 20 heavy (non-hydrogen) atoms. The van der Waals surface area contributed by atoms with Gasteiger partial charge in [-0.2, -0.15) is 0 Å². The van der Waals surface area contributed by atoms with Crippen LogP contribution in [0, 0.1) is 5.92 Å². The van der Waals surface area contributed by atoms with Crippen LogP contribution >= 0.6 is 0 Å². The number of carbonyl (C=O) groups is 1. The molecule has 0 saturated carbocycles. The molecule has 2 unspecified atom stereocenters. The molecule has 0 radical (unpaired) electrons. The molecule has 0 aromatic heterocycles. The maximum absolute atomic E-state index is 11.8. The number of nitrogens with zero attached hydrogens (tertiary/aromatic N) is 1. The molecule has 2 heterocycles. The second kappa shape index (κ2) is 5.32. The lowest BCUT2D eigenvalue weighted by atomic mass is 9.91. The van der Waals surface area contributed by atoms with Crippen LogP contribution in [-0.4, -0.2) is 37.0 Å². The van der Waals surface area contributed by atoms with Gasteiger partial charge in [-0.15, -0.1) is 0 Å². The summed E-state index contributed by atoms with van der Waals surface area (Å²) >= 11 is 0. The van der Waals surface area contributed by atoms with Crippen molar-refractivity contribution in [3.63, 3.8) is 0 Å². The predicted octanol–water partition coefficient (Wildman–Crippen LogP) is 0.988. The van der Waals surface area contributed by atoms with Gasteiger partial charge in [0.2, 0.25) is 5.91 Å². The zero-order valence-electron chi connectivity index (χ0n) is 11.8. The molecular formula is C15H21N3O2. The third kappa shape index (κ3) is 2.33. The Morgan fingerprint density at radius 3 is 3.15 bits per heavy atom. The number of benzene rings is 1. The summed E-state index contributed by atoms with van der Waals surface area (Å²) in [6, 6.07) is 6.09. The van der Waals surface area contributed by atoms with Gasteiger partial charge in [0, 0.05) is 36.4 Å². The smallest absolute Gasteiger partial charge is 0.224 e. The van der Waals surface area contributed by atoms with Crippen molar-refractivity contribution in [2.75, 3.05) is 25.9 Å². The van der Waals surface area contributed by atoms with Gasteiger partial charge < -0.3 is 15.8 Å². The molecule has 2 fully saturated rings. The zero-order chi connectivity index (χ0) is 14.1. The van der Waals surface area contributed by atoms with E-state index in [0.29, 0.717) is 11.7 Å². The minimum atomic E-state index is 0.156. The van der Waals surface area contributed by atoms with Gasteiger partial charge in [-0.05, 0) is 25.5 Å². The summed E-state index contributed by atoms with van der Waals surface area (Å²) in [4.78, 5) is 14.2. The lowest BCUT2D eigenvalue weighted by Crippen LogP contribution is -2.44. The molecule has 2 aliphatic heterocycles. The van der Waals surface area contributed by atoms with Crippen LogP contribution in [0.15, 0.2) is 18.2 Å². The number of nitrogen functional groups attached to an aromatic ring is 1. The number of anilines is 1. The Labute approximate surface area is 119 Å². The normalized spacial score (nSPS) is 26.1. The number of nitrogens with one attached hydrogen (secondary N) is 1. The highest BCUT2D eigenvalue weighted by Crippen LogP contribution is 2.31. The van der Waals surface area contributed by atoms with Crippen LogP contribution in [0.25, 0.3) is 0 Å². The second-order valence-corrected chi connectivity index (χ2v) is 5.60. The average Bonchev–Trinajstić information content (AvgIpc) is 2.84. The van der Waals surface area contributed by atoms with Gasteiger partial charge in [0.1, 0.15) is 5.75 Å². The Hall–Kier alpha value is -1.75. The maximum Gasteiger partial charge on any atom is 0.224 e. The Morgan fingerprint density at radius 1 is 1.50 bits per heavy atom. The molecular weight excluding hydrogens is 254 g/mol. The zero-order valence-corrected chi connectivity index (χ0v) is 11.8. The molecule has 2 aliphatic rings. The standard InChI is InChI=1S/C15H21N3O2/c1-20-14-7-11(16)5-4-10(14)9-18-6-2-3-12-13(18)8-17-15(12)19/h4-5,7,12-13H,2-3,6,8-9,16H2,1H3,(H,17,19). The highest BCUT2D eigenvalue weighted by atomic mass is 16.5. The quantitative estimate of drug-likeness (QED) is 0.807. The molecule has 1 amide bonds.